The molecule has 0 spiro atoms. The molecule has 2 aliphatic carbocycles. The van der Waals surface area contributed by atoms with E-state index in [1.807, 2.05) is 23.3 Å². The summed E-state index contributed by atoms with van der Waals surface area (Å²) in [5.74, 6) is -1.33. The second kappa shape index (κ2) is 10.7. The second-order valence-corrected chi connectivity index (χ2v) is 8.27. The highest BCUT2D eigenvalue weighted by Crippen LogP contribution is 2.37. The average Bonchev–Trinajstić information content (AvgIpc) is 2.82. The largest absolute Gasteiger partial charge is 0.636 e. The minimum absolute atomic E-state index is 0.00682. The zero-order valence-electron chi connectivity index (χ0n) is 16.7. The number of nitrogens with two attached hydrogens (primary N) is 1. The molecule has 0 aromatic rings. The highest BCUT2D eigenvalue weighted by atomic mass is 19.4. The first-order chi connectivity index (χ1) is 14.0. The van der Waals surface area contributed by atoms with E-state index in [1.54, 1.807) is 6.08 Å². The Balaban J connectivity index is 1.65. The van der Waals surface area contributed by atoms with Crippen molar-refractivity contribution in [2.24, 2.45) is 17.8 Å². The Hall–Kier alpha value is -1.19. The number of alkyl halides is 3. The SMILES string of the molecule is [O-][NH2+]C1CCCNC(C2C=CC=CC2)N(OCC2C=CCC(C(F)(F)F)C2)CC1. The summed E-state index contributed by atoms with van der Waals surface area (Å²) < 4.78 is 39.3. The van der Waals surface area contributed by atoms with Crippen LogP contribution in [0.1, 0.15) is 38.5 Å². The van der Waals surface area contributed by atoms with Crippen molar-refractivity contribution < 1.29 is 23.5 Å². The first-order valence-corrected chi connectivity index (χ1v) is 10.6. The number of quaternary nitrogens is 1. The van der Waals surface area contributed by atoms with Crippen LogP contribution in [0.2, 0.25) is 0 Å². The van der Waals surface area contributed by atoms with E-state index in [9.17, 15) is 18.4 Å². The Morgan fingerprint density at radius 2 is 2.00 bits per heavy atom. The number of nitrogens with zero attached hydrogens (tertiary/aromatic N) is 1. The lowest BCUT2D eigenvalue weighted by Crippen LogP contribution is -2.84. The molecule has 1 saturated heterocycles. The molecule has 3 aliphatic rings. The number of rotatable bonds is 5. The van der Waals surface area contributed by atoms with Crippen molar-refractivity contribution in [2.75, 3.05) is 19.7 Å². The van der Waals surface area contributed by atoms with Crippen LogP contribution < -0.4 is 10.8 Å². The summed E-state index contributed by atoms with van der Waals surface area (Å²) >= 11 is 0. The van der Waals surface area contributed by atoms with Crippen LogP contribution >= 0.6 is 0 Å². The molecular formula is C21H32F3N3O2. The molecule has 5 atom stereocenters. The van der Waals surface area contributed by atoms with E-state index in [1.165, 1.54) is 0 Å². The molecule has 0 aromatic heterocycles. The van der Waals surface area contributed by atoms with Crippen molar-refractivity contribution in [3.8, 4) is 0 Å². The van der Waals surface area contributed by atoms with E-state index in [0.717, 1.165) is 31.3 Å². The maximum absolute atomic E-state index is 13.1. The lowest BCUT2D eigenvalue weighted by atomic mass is 9.87. The summed E-state index contributed by atoms with van der Waals surface area (Å²) in [5, 5.41) is 16.8. The van der Waals surface area contributed by atoms with Crippen LogP contribution in [-0.2, 0) is 4.84 Å². The maximum Gasteiger partial charge on any atom is 0.392 e. The number of hydroxylamine groups is 3. The van der Waals surface area contributed by atoms with Crippen LogP contribution in [0.4, 0.5) is 13.2 Å². The first-order valence-electron chi connectivity index (χ1n) is 10.6. The zero-order valence-corrected chi connectivity index (χ0v) is 16.7. The van der Waals surface area contributed by atoms with Gasteiger partial charge in [-0.1, -0.05) is 36.5 Å². The summed E-state index contributed by atoms with van der Waals surface area (Å²) in [6.45, 7) is 1.58. The Morgan fingerprint density at radius 3 is 2.72 bits per heavy atom. The second-order valence-electron chi connectivity index (χ2n) is 8.27. The molecule has 0 aromatic carbocycles. The van der Waals surface area contributed by atoms with Crippen LogP contribution in [-0.4, -0.2) is 43.1 Å². The monoisotopic (exact) mass is 415 g/mol. The van der Waals surface area contributed by atoms with Crippen molar-refractivity contribution in [3.05, 3.63) is 41.7 Å². The van der Waals surface area contributed by atoms with Crippen molar-refractivity contribution in [1.82, 2.24) is 10.4 Å². The molecule has 0 radical (unpaired) electrons. The van der Waals surface area contributed by atoms with Crippen LogP contribution in [0.5, 0.6) is 0 Å². The van der Waals surface area contributed by atoms with Crippen molar-refractivity contribution in [1.29, 1.82) is 0 Å². The third-order valence-corrected chi connectivity index (χ3v) is 6.08. The topological polar surface area (TPSA) is 64.2 Å². The molecule has 5 unspecified atom stereocenters. The maximum atomic E-state index is 13.1. The smallest absolute Gasteiger partial charge is 0.392 e. The normalized spacial score (nSPS) is 34.6. The molecule has 3 N–H and O–H groups in total. The minimum Gasteiger partial charge on any atom is -0.636 e. The Morgan fingerprint density at radius 1 is 1.14 bits per heavy atom. The van der Waals surface area contributed by atoms with Gasteiger partial charge in [-0.25, -0.2) is 0 Å². The van der Waals surface area contributed by atoms with Gasteiger partial charge in [0.1, 0.15) is 0 Å². The van der Waals surface area contributed by atoms with Crippen LogP contribution in [0.15, 0.2) is 36.5 Å². The lowest BCUT2D eigenvalue weighted by Gasteiger charge is -2.37. The summed E-state index contributed by atoms with van der Waals surface area (Å²) in [7, 11) is 0. The van der Waals surface area contributed by atoms with Gasteiger partial charge in [0, 0.05) is 31.2 Å². The molecule has 5 nitrogen and oxygen atoms in total. The van der Waals surface area contributed by atoms with Crippen LogP contribution in [0.25, 0.3) is 0 Å². The van der Waals surface area contributed by atoms with Gasteiger partial charge < -0.3 is 10.7 Å². The van der Waals surface area contributed by atoms with E-state index >= 15 is 0 Å². The number of nitrogens with one attached hydrogen (secondary N) is 1. The fourth-order valence-electron chi connectivity index (χ4n) is 4.33. The van der Waals surface area contributed by atoms with Gasteiger partial charge in [-0.05, 0) is 32.2 Å². The molecule has 0 saturated carbocycles. The van der Waals surface area contributed by atoms with Gasteiger partial charge in [0.05, 0.1) is 24.7 Å². The van der Waals surface area contributed by atoms with Crippen molar-refractivity contribution >= 4 is 0 Å². The quantitative estimate of drug-likeness (QED) is 0.535. The molecule has 1 heterocycles. The molecule has 3 rings (SSSR count). The van der Waals surface area contributed by atoms with Gasteiger partial charge in [-0.3, -0.25) is 10.2 Å². The highest BCUT2D eigenvalue weighted by molar-refractivity contribution is 5.12. The summed E-state index contributed by atoms with van der Waals surface area (Å²) in [6.07, 6.45) is 11.0. The van der Waals surface area contributed by atoms with Gasteiger partial charge in [-0.15, -0.1) is 0 Å². The summed E-state index contributed by atoms with van der Waals surface area (Å²) in [5.41, 5.74) is 1.01. The summed E-state index contributed by atoms with van der Waals surface area (Å²) in [4.78, 5) is 6.11. The van der Waals surface area contributed by atoms with Crippen molar-refractivity contribution in [2.45, 2.75) is 56.9 Å². The highest BCUT2D eigenvalue weighted by Gasteiger charge is 2.41. The molecule has 1 aliphatic heterocycles. The number of halogens is 3. The van der Waals surface area contributed by atoms with Gasteiger partial charge in [-0.2, -0.15) is 18.2 Å². The summed E-state index contributed by atoms with van der Waals surface area (Å²) in [6, 6.07) is -0.00682. The van der Waals surface area contributed by atoms with Gasteiger partial charge in [0.25, 0.3) is 0 Å². The lowest BCUT2D eigenvalue weighted by molar-refractivity contribution is -0.629. The van der Waals surface area contributed by atoms with E-state index < -0.39 is 12.1 Å². The van der Waals surface area contributed by atoms with Crippen molar-refractivity contribution in [3.63, 3.8) is 0 Å². The Bertz CT molecular complexity index is 594. The van der Waals surface area contributed by atoms with Crippen LogP contribution in [0, 0.1) is 23.0 Å². The molecule has 164 valence electrons. The van der Waals surface area contributed by atoms with E-state index in [-0.39, 0.29) is 43.5 Å². The minimum atomic E-state index is -4.16. The first kappa shape index (κ1) is 22.5. The van der Waals surface area contributed by atoms with Gasteiger partial charge in [0.2, 0.25) is 0 Å². The third-order valence-electron chi connectivity index (χ3n) is 6.08. The number of allylic oxidation sites excluding steroid dienone is 4. The fraction of sp³-hybridized carbons (Fsp3) is 0.714. The predicted molar refractivity (Wildman–Crippen MR) is 105 cm³/mol. The Kier molecular flexibility index (Phi) is 8.32. The van der Waals surface area contributed by atoms with E-state index in [2.05, 4.69) is 17.5 Å². The number of hydrogen-bond donors (Lipinski definition) is 2. The number of hydrogen-bond acceptors (Lipinski definition) is 4. The molecule has 8 heteroatoms. The van der Waals surface area contributed by atoms with Crippen LogP contribution in [0.3, 0.4) is 0 Å². The predicted octanol–water partition coefficient (Wildman–Crippen LogP) is 3.03. The van der Waals surface area contributed by atoms with Gasteiger partial charge >= 0.3 is 6.18 Å². The molecular weight excluding hydrogens is 383 g/mol. The zero-order chi connectivity index (χ0) is 20.7. The standard InChI is InChI=1S/C21H32F3N3O2/c22-21(23,24)18-9-4-6-16(14-18)15-29-27-13-11-19(26-28)10-5-12-25-20(27)17-7-2-1-3-8-17/h1-4,6-7,16-20,25H,5,8-15,26H2. The molecule has 29 heavy (non-hydrogen) atoms. The third kappa shape index (κ3) is 6.65. The average molecular weight is 416 g/mol. The molecule has 0 bridgehead atoms. The van der Waals surface area contributed by atoms with Gasteiger partial charge in [0.15, 0.2) is 0 Å². The molecule has 1 fully saturated rings. The molecule has 0 amide bonds. The fourth-order valence-corrected chi connectivity index (χ4v) is 4.33. The Labute approximate surface area is 170 Å². The van der Waals surface area contributed by atoms with E-state index in [0.29, 0.717) is 13.0 Å². The van der Waals surface area contributed by atoms with E-state index in [4.69, 9.17) is 4.84 Å².